The van der Waals surface area contributed by atoms with Gasteiger partial charge in [-0.2, -0.15) is 0 Å². The van der Waals surface area contributed by atoms with E-state index in [1.165, 1.54) is 0 Å². The van der Waals surface area contributed by atoms with Crippen molar-refractivity contribution >= 4 is 49.1 Å². The zero-order chi connectivity index (χ0) is 23.5. The Kier molecular flexibility index (Phi) is 7.16. The summed E-state index contributed by atoms with van der Waals surface area (Å²) in [6.45, 7) is 3.87. The molecule has 0 aliphatic heterocycles. The topological polar surface area (TPSA) is 49.7 Å². The number of ether oxygens (including phenoxy) is 1. The fraction of sp³-hybridized carbons (Fsp3) is 0.0769. The van der Waals surface area contributed by atoms with Crippen LogP contribution in [0.1, 0.15) is 11.1 Å². The van der Waals surface area contributed by atoms with E-state index in [4.69, 9.17) is 27.9 Å². The average molecular weight is 473 g/mol. The SMILES string of the molecule is Cc1ccc(-c2cccc(Oc3cccc(-c4ccc(C)c(Cl)c4)c3[B]O)c2[B]O)cc1Cl. The highest BCUT2D eigenvalue weighted by Crippen LogP contribution is 2.30. The second-order valence-electron chi connectivity index (χ2n) is 7.72. The van der Waals surface area contributed by atoms with Crippen LogP contribution in [0.5, 0.6) is 11.5 Å². The van der Waals surface area contributed by atoms with E-state index < -0.39 is 0 Å². The molecule has 4 aromatic carbocycles. The molecule has 0 saturated heterocycles. The zero-order valence-electron chi connectivity index (χ0n) is 18.1. The molecule has 0 spiro atoms. The van der Waals surface area contributed by atoms with Crippen LogP contribution in [0.15, 0.2) is 72.8 Å². The average Bonchev–Trinajstić information content (AvgIpc) is 2.82. The first kappa shape index (κ1) is 23.5. The van der Waals surface area contributed by atoms with Crippen LogP contribution in [-0.2, 0) is 0 Å². The fourth-order valence-electron chi connectivity index (χ4n) is 3.68. The second kappa shape index (κ2) is 10.1. The Hall–Kier alpha value is -2.69. The van der Waals surface area contributed by atoms with E-state index >= 15 is 0 Å². The summed E-state index contributed by atoms with van der Waals surface area (Å²) in [5.41, 5.74) is 6.20. The van der Waals surface area contributed by atoms with Crippen LogP contribution in [0.25, 0.3) is 22.3 Å². The third-order valence-corrected chi connectivity index (χ3v) is 6.39. The summed E-state index contributed by atoms with van der Waals surface area (Å²) in [5, 5.41) is 21.4. The quantitative estimate of drug-likeness (QED) is 0.379. The van der Waals surface area contributed by atoms with E-state index in [0.29, 0.717) is 32.5 Å². The van der Waals surface area contributed by atoms with Gasteiger partial charge in [0.2, 0.25) is 0 Å². The van der Waals surface area contributed by atoms with Crippen molar-refractivity contribution in [2.24, 2.45) is 0 Å². The fourth-order valence-corrected chi connectivity index (χ4v) is 4.04. The molecule has 0 fully saturated rings. The van der Waals surface area contributed by atoms with Crippen LogP contribution in [0.4, 0.5) is 0 Å². The van der Waals surface area contributed by atoms with Gasteiger partial charge in [0.15, 0.2) is 0 Å². The first-order valence-corrected chi connectivity index (χ1v) is 11.1. The molecule has 0 aliphatic carbocycles. The first-order valence-electron chi connectivity index (χ1n) is 10.3. The minimum Gasteiger partial charge on any atom is -0.458 e. The third kappa shape index (κ3) is 4.82. The molecule has 0 unspecified atom stereocenters. The van der Waals surface area contributed by atoms with Gasteiger partial charge in [-0.3, -0.25) is 0 Å². The van der Waals surface area contributed by atoms with E-state index in [9.17, 15) is 10.0 Å². The molecule has 0 aliphatic rings. The number of hydrogen-bond acceptors (Lipinski definition) is 3. The van der Waals surface area contributed by atoms with Crippen LogP contribution in [-0.4, -0.2) is 25.0 Å². The van der Waals surface area contributed by atoms with Gasteiger partial charge in [0.1, 0.15) is 11.5 Å². The Morgan fingerprint density at radius 1 is 0.636 bits per heavy atom. The van der Waals surface area contributed by atoms with Gasteiger partial charge < -0.3 is 14.8 Å². The lowest BCUT2D eigenvalue weighted by Gasteiger charge is -2.18. The van der Waals surface area contributed by atoms with Crippen molar-refractivity contribution in [3.63, 3.8) is 0 Å². The van der Waals surface area contributed by atoms with Crippen molar-refractivity contribution in [2.45, 2.75) is 13.8 Å². The Labute approximate surface area is 205 Å². The maximum Gasteiger partial charge on any atom is 0.331 e. The number of rotatable bonds is 6. The molecule has 3 nitrogen and oxygen atoms in total. The molecule has 162 valence electrons. The molecule has 0 saturated carbocycles. The summed E-state index contributed by atoms with van der Waals surface area (Å²) in [5.74, 6) is 0.878. The van der Waals surface area contributed by atoms with Gasteiger partial charge in [0.25, 0.3) is 0 Å². The number of aryl methyl sites for hydroxylation is 2. The molecule has 4 aromatic rings. The number of benzene rings is 4. The Morgan fingerprint density at radius 3 is 1.42 bits per heavy atom. The van der Waals surface area contributed by atoms with Crippen molar-refractivity contribution in [3.8, 4) is 33.8 Å². The van der Waals surface area contributed by atoms with Crippen LogP contribution < -0.4 is 15.7 Å². The largest absolute Gasteiger partial charge is 0.458 e. The van der Waals surface area contributed by atoms with Crippen molar-refractivity contribution in [1.29, 1.82) is 0 Å². The van der Waals surface area contributed by atoms with E-state index in [2.05, 4.69) is 0 Å². The molecule has 7 heteroatoms. The van der Waals surface area contributed by atoms with Gasteiger partial charge >= 0.3 is 15.0 Å². The number of hydrogen-bond donors (Lipinski definition) is 2. The summed E-state index contributed by atoms with van der Waals surface area (Å²) in [4.78, 5) is 0. The minimum absolute atomic E-state index is 0.439. The van der Waals surface area contributed by atoms with Crippen LogP contribution in [0, 0.1) is 13.8 Å². The highest BCUT2D eigenvalue weighted by Gasteiger charge is 2.17. The first-order chi connectivity index (χ1) is 15.9. The van der Waals surface area contributed by atoms with Crippen LogP contribution in [0.2, 0.25) is 10.0 Å². The smallest absolute Gasteiger partial charge is 0.331 e. The zero-order valence-corrected chi connectivity index (χ0v) is 19.7. The maximum absolute atomic E-state index is 10.1. The molecule has 2 radical (unpaired) electrons. The molecule has 4 rings (SSSR count). The van der Waals surface area contributed by atoms with Crippen molar-refractivity contribution in [3.05, 3.63) is 94.0 Å². The predicted octanol–water partition coefficient (Wildman–Crippen LogP) is 5.21. The van der Waals surface area contributed by atoms with Crippen molar-refractivity contribution in [1.82, 2.24) is 0 Å². The molecule has 0 amide bonds. The molecule has 33 heavy (non-hydrogen) atoms. The highest BCUT2D eigenvalue weighted by atomic mass is 35.5. The predicted molar refractivity (Wildman–Crippen MR) is 139 cm³/mol. The van der Waals surface area contributed by atoms with E-state index in [1.54, 1.807) is 12.1 Å². The summed E-state index contributed by atoms with van der Waals surface area (Å²) in [7, 11) is 2.04. The van der Waals surface area contributed by atoms with E-state index in [0.717, 1.165) is 48.3 Å². The summed E-state index contributed by atoms with van der Waals surface area (Å²) in [6, 6.07) is 22.5. The van der Waals surface area contributed by atoms with E-state index in [1.807, 2.05) is 74.5 Å². The van der Waals surface area contributed by atoms with E-state index in [-0.39, 0.29) is 0 Å². The highest BCUT2D eigenvalue weighted by molar-refractivity contribution is 6.50. The van der Waals surface area contributed by atoms with Crippen molar-refractivity contribution in [2.75, 3.05) is 0 Å². The summed E-state index contributed by atoms with van der Waals surface area (Å²) < 4.78 is 6.21. The molecule has 0 aromatic heterocycles. The monoisotopic (exact) mass is 472 g/mol. The summed E-state index contributed by atoms with van der Waals surface area (Å²) in [6.07, 6.45) is 0. The van der Waals surface area contributed by atoms with Gasteiger partial charge in [-0.15, -0.1) is 0 Å². The molecule has 2 N–H and O–H groups in total. The second-order valence-corrected chi connectivity index (χ2v) is 8.54. The summed E-state index contributed by atoms with van der Waals surface area (Å²) >= 11 is 12.6. The maximum atomic E-state index is 10.1. The van der Waals surface area contributed by atoms with Crippen molar-refractivity contribution < 1.29 is 14.8 Å². The molecular formula is C26H20B2Cl2O3. The van der Waals surface area contributed by atoms with Gasteiger partial charge in [0, 0.05) is 10.0 Å². The molecule has 0 atom stereocenters. The Bertz CT molecular complexity index is 1220. The molecule has 0 heterocycles. The van der Waals surface area contributed by atoms with Gasteiger partial charge in [-0.25, -0.2) is 0 Å². The van der Waals surface area contributed by atoms with Gasteiger partial charge in [-0.1, -0.05) is 71.7 Å². The standard InChI is InChI=1S/C26H20B2Cl2O3/c1-15-9-11-17(13-21(15)29)19-5-3-7-23(25(19)27-31)33-24-8-4-6-20(26(24)28-32)18-12-10-16(2)22(30)14-18/h3-14,31-32H,1-2H3. The lowest BCUT2D eigenvalue weighted by Crippen LogP contribution is -2.23. The molecule has 0 bridgehead atoms. The van der Waals surface area contributed by atoms with Crippen LogP contribution in [0.3, 0.4) is 0 Å². The van der Waals surface area contributed by atoms with Crippen LogP contribution >= 0.6 is 23.2 Å². The Balaban J connectivity index is 1.78. The minimum atomic E-state index is 0.439. The normalized spacial score (nSPS) is 10.7. The third-order valence-electron chi connectivity index (χ3n) is 5.58. The van der Waals surface area contributed by atoms with Gasteiger partial charge in [-0.05, 0) is 82.4 Å². The number of halogens is 2. The Morgan fingerprint density at radius 2 is 1.06 bits per heavy atom. The molecular weight excluding hydrogens is 453 g/mol. The van der Waals surface area contributed by atoms with Gasteiger partial charge in [0.05, 0.1) is 0 Å². The lowest BCUT2D eigenvalue weighted by atomic mass is 9.80. The lowest BCUT2D eigenvalue weighted by molar-refractivity contribution is 0.487.